The fourth-order valence-electron chi connectivity index (χ4n) is 1.74. The second-order valence-electron chi connectivity index (χ2n) is 4.73. The van der Waals surface area contributed by atoms with Crippen molar-refractivity contribution in [2.24, 2.45) is 0 Å². The van der Waals surface area contributed by atoms with Crippen LogP contribution in [-0.2, 0) is 0 Å². The van der Waals surface area contributed by atoms with Gasteiger partial charge in [-0.1, -0.05) is 42.2 Å². The minimum atomic E-state index is 0.0680. The monoisotopic (exact) mass is 331 g/mol. The highest BCUT2D eigenvalue weighted by molar-refractivity contribution is 5.59. The minimum absolute atomic E-state index is 0.0680. The summed E-state index contributed by atoms with van der Waals surface area (Å²) >= 11 is 0. The molecule has 0 atom stereocenters. The topological polar surface area (TPSA) is 32.5 Å². The van der Waals surface area contributed by atoms with Gasteiger partial charge in [0, 0.05) is 11.1 Å². The highest BCUT2D eigenvalue weighted by Gasteiger charge is 1.93. The van der Waals surface area contributed by atoms with Crippen molar-refractivity contribution in [3.8, 4) is 30.8 Å². The molecule has 0 heterocycles. The predicted octanol–water partition coefficient (Wildman–Crippen LogP) is 5.01. The van der Waals surface area contributed by atoms with Crippen LogP contribution in [0.3, 0.4) is 0 Å². The van der Waals surface area contributed by atoms with Crippen LogP contribution in [0.2, 0.25) is 0 Å². The molecule has 0 radical (unpaired) electrons. The zero-order valence-electron chi connectivity index (χ0n) is 13.8. The van der Waals surface area contributed by atoms with E-state index in [4.69, 9.17) is 31.3 Å². The Morgan fingerprint density at radius 2 is 1.38 bits per heavy atom. The van der Waals surface area contributed by atoms with Gasteiger partial charge in [-0.05, 0) is 41.5 Å². The number of hydrogen-bond acceptors (Lipinski definition) is 1. The summed E-state index contributed by atoms with van der Waals surface area (Å²) in [7, 11) is 0. The molecule has 0 fully saturated rings. The van der Waals surface area contributed by atoms with E-state index in [1.807, 2.05) is 24.3 Å². The summed E-state index contributed by atoms with van der Waals surface area (Å²) in [6, 6.07) is 16.4. The third-order valence-corrected chi connectivity index (χ3v) is 3.03. The maximum absolute atomic E-state index is 8.52. The summed E-state index contributed by atoms with van der Waals surface area (Å²) in [5.74, 6) is 5.01. The summed E-state index contributed by atoms with van der Waals surface area (Å²) in [6.07, 6.45) is 15.1. The smallest absolute Gasteiger partial charge is 0.246 e. The Hall–Kier alpha value is -4.49. The molecule has 3 heteroatoms. The lowest BCUT2D eigenvalue weighted by molar-refractivity contribution is 1.50. The number of nitriles is 1. The van der Waals surface area contributed by atoms with Gasteiger partial charge in [-0.2, -0.15) is 0 Å². The first kappa shape index (κ1) is 19.6. The van der Waals surface area contributed by atoms with E-state index in [2.05, 4.69) is 21.5 Å². The second kappa shape index (κ2) is 11.1. The maximum atomic E-state index is 8.52. The van der Waals surface area contributed by atoms with Crippen LogP contribution in [0.15, 0.2) is 60.4 Å². The number of hydrogen-bond donors (Lipinski definition) is 0. The van der Waals surface area contributed by atoms with Crippen molar-refractivity contribution in [3.05, 3.63) is 106 Å². The van der Waals surface area contributed by atoms with Gasteiger partial charge in [-0.25, -0.2) is 15.0 Å². The normalized spacial score (nSPS) is 9.42. The van der Waals surface area contributed by atoms with E-state index < -0.39 is 0 Å². The standard InChI is InChI=1S/C12H6N2.C11H7N/c1-3-10-4-6-11(7-5-10)8-12(9-13)14-2;1-3-10-4-6-11(7-5-10)8-9-12-2/h1,4-8H;1,4-9H/b12-8+;9-8+. The number of rotatable bonds is 2. The molecule has 0 amide bonds. The van der Waals surface area contributed by atoms with Crippen LogP contribution in [0.4, 0.5) is 0 Å². The van der Waals surface area contributed by atoms with Crippen LogP contribution in [0.25, 0.3) is 21.8 Å². The molecular weight excluding hydrogens is 318 g/mol. The minimum Gasteiger partial charge on any atom is -0.246 e. The molecule has 0 aliphatic heterocycles. The fraction of sp³-hybridized carbons (Fsp3) is 0. The molecule has 2 aromatic carbocycles. The molecule has 2 aromatic rings. The molecule has 26 heavy (non-hydrogen) atoms. The van der Waals surface area contributed by atoms with Gasteiger partial charge in [0.2, 0.25) is 0 Å². The van der Waals surface area contributed by atoms with E-state index in [9.17, 15) is 0 Å². The van der Waals surface area contributed by atoms with Crippen molar-refractivity contribution in [1.82, 2.24) is 0 Å². The Morgan fingerprint density at radius 1 is 0.885 bits per heavy atom. The summed E-state index contributed by atoms with van der Waals surface area (Å²) in [4.78, 5) is 6.16. The van der Waals surface area contributed by atoms with Crippen molar-refractivity contribution in [3.63, 3.8) is 0 Å². The zero-order valence-corrected chi connectivity index (χ0v) is 13.8. The van der Waals surface area contributed by atoms with Gasteiger partial charge in [-0.3, -0.25) is 0 Å². The Bertz CT molecular complexity index is 986. The van der Waals surface area contributed by atoms with Gasteiger partial charge < -0.3 is 0 Å². The number of nitrogens with zero attached hydrogens (tertiary/aromatic N) is 3. The molecule has 120 valence electrons. The van der Waals surface area contributed by atoms with Crippen LogP contribution in [0, 0.1) is 49.2 Å². The Labute approximate surface area is 154 Å². The van der Waals surface area contributed by atoms with Gasteiger partial charge >= 0.3 is 0 Å². The van der Waals surface area contributed by atoms with Crippen LogP contribution in [0.1, 0.15) is 22.3 Å². The predicted molar refractivity (Wildman–Crippen MR) is 105 cm³/mol. The summed E-state index contributed by atoms with van der Waals surface area (Å²) in [5, 5.41) is 8.52. The van der Waals surface area contributed by atoms with Crippen molar-refractivity contribution in [1.29, 1.82) is 5.26 Å². The van der Waals surface area contributed by atoms with Gasteiger partial charge in [-0.15, -0.1) is 12.8 Å². The first-order chi connectivity index (χ1) is 12.7. The molecule has 0 aliphatic carbocycles. The van der Waals surface area contributed by atoms with Crippen LogP contribution < -0.4 is 0 Å². The summed E-state index contributed by atoms with van der Waals surface area (Å²) in [6.45, 7) is 13.2. The Morgan fingerprint density at radius 3 is 1.77 bits per heavy atom. The Balaban J connectivity index is 0.000000263. The molecule has 3 nitrogen and oxygen atoms in total. The van der Waals surface area contributed by atoms with Gasteiger partial charge in [0.15, 0.2) is 6.20 Å². The van der Waals surface area contributed by atoms with Crippen molar-refractivity contribution < 1.29 is 0 Å². The average Bonchev–Trinajstić information content (AvgIpc) is 2.71. The molecule has 0 aromatic heterocycles. The molecule has 0 saturated heterocycles. The Kier molecular flexibility index (Phi) is 8.36. The van der Waals surface area contributed by atoms with E-state index in [0.717, 1.165) is 22.3 Å². The highest BCUT2D eigenvalue weighted by atomic mass is 14.7. The average molecular weight is 331 g/mol. The lowest BCUT2D eigenvalue weighted by Crippen LogP contribution is -1.76. The molecule has 0 saturated carbocycles. The lowest BCUT2D eigenvalue weighted by atomic mass is 10.1. The van der Waals surface area contributed by atoms with E-state index in [1.165, 1.54) is 12.3 Å². The van der Waals surface area contributed by atoms with Crippen LogP contribution in [-0.4, -0.2) is 0 Å². The van der Waals surface area contributed by atoms with Gasteiger partial charge in [0.1, 0.15) is 0 Å². The number of allylic oxidation sites excluding steroid dienone is 1. The van der Waals surface area contributed by atoms with Crippen molar-refractivity contribution in [2.45, 2.75) is 0 Å². The maximum Gasteiger partial charge on any atom is 0.262 e. The van der Waals surface area contributed by atoms with E-state index in [0.29, 0.717) is 0 Å². The van der Waals surface area contributed by atoms with E-state index in [1.54, 1.807) is 36.4 Å². The quantitative estimate of drug-likeness (QED) is 0.432. The fourth-order valence-corrected chi connectivity index (χ4v) is 1.74. The molecule has 0 N–H and O–H groups in total. The van der Waals surface area contributed by atoms with Gasteiger partial charge in [0.25, 0.3) is 5.70 Å². The van der Waals surface area contributed by atoms with E-state index in [-0.39, 0.29) is 5.70 Å². The largest absolute Gasteiger partial charge is 0.262 e. The third kappa shape index (κ3) is 6.73. The van der Waals surface area contributed by atoms with Crippen molar-refractivity contribution in [2.75, 3.05) is 0 Å². The third-order valence-electron chi connectivity index (χ3n) is 3.03. The van der Waals surface area contributed by atoms with Gasteiger partial charge in [0.05, 0.1) is 19.2 Å². The van der Waals surface area contributed by atoms with Crippen molar-refractivity contribution >= 4 is 12.2 Å². The molecule has 2 rings (SSSR count). The van der Waals surface area contributed by atoms with Crippen LogP contribution >= 0.6 is 0 Å². The number of terminal acetylenes is 2. The molecule has 0 spiro atoms. The SMILES string of the molecule is [C-]#[N+]/C(C#N)=C/c1ccc(C#C)cc1.[C-]#[N+]/C=C/c1ccc(C#C)cc1. The summed E-state index contributed by atoms with van der Waals surface area (Å²) in [5.41, 5.74) is 3.50. The lowest BCUT2D eigenvalue weighted by Gasteiger charge is -1.93. The van der Waals surface area contributed by atoms with Crippen LogP contribution in [0.5, 0.6) is 0 Å². The molecular formula is C23H13N3. The molecule has 0 unspecified atom stereocenters. The first-order valence-electron chi connectivity index (χ1n) is 7.32. The molecule has 0 aliphatic rings. The molecule has 0 bridgehead atoms. The highest BCUT2D eigenvalue weighted by Crippen LogP contribution is 2.08. The second-order valence-corrected chi connectivity index (χ2v) is 4.73. The van der Waals surface area contributed by atoms with E-state index >= 15 is 0 Å². The summed E-state index contributed by atoms with van der Waals surface area (Å²) < 4.78 is 0. The zero-order chi connectivity index (χ0) is 19.2. The first-order valence-corrected chi connectivity index (χ1v) is 7.32. The number of benzene rings is 2.